The lowest BCUT2D eigenvalue weighted by Gasteiger charge is -2.32. The predicted octanol–water partition coefficient (Wildman–Crippen LogP) is 0.591. The largest absolute Gasteiger partial charge is 0.409 e. The molecule has 1 aromatic carbocycles. The average molecular weight is 292 g/mol. The first-order chi connectivity index (χ1) is 10.2. The number of ether oxygens (including phenoxy) is 1. The standard InChI is InChI=1S/C15H24N4O2/c1-2-19-6-7-21-14(11-19)10-17-9-12-4-3-5-13(8-12)15(16)18-20/h3-5,8,14,17,20H,2,6-7,9-11H2,1H3,(H2,16,18). The van der Waals surface area contributed by atoms with Crippen molar-refractivity contribution < 1.29 is 9.94 Å². The zero-order valence-electron chi connectivity index (χ0n) is 12.5. The van der Waals surface area contributed by atoms with Crippen LogP contribution < -0.4 is 11.1 Å². The summed E-state index contributed by atoms with van der Waals surface area (Å²) in [6.07, 6.45) is 0.242. The van der Waals surface area contributed by atoms with Crippen molar-refractivity contribution in [2.24, 2.45) is 10.9 Å². The summed E-state index contributed by atoms with van der Waals surface area (Å²) in [5.74, 6) is 0.131. The summed E-state index contributed by atoms with van der Waals surface area (Å²) in [7, 11) is 0. The predicted molar refractivity (Wildman–Crippen MR) is 82.5 cm³/mol. The summed E-state index contributed by atoms with van der Waals surface area (Å²) in [4.78, 5) is 2.40. The molecule has 6 heteroatoms. The van der Waals surface area contributed by atoms with Gasteiger partial charge in [-0.3, -0.25) is 4.90 Å². The quantitative estimate of drug-likeness (QED) is 0.309. The van der Waals surface area contributed by atoms with Crippen LogP contribution in [-0.2, 0) is 11.3 Å². The van der Waals surface area contributed by atoms with Crippen molar-refractivity contribution in [3.05, 3.63) is 35.4 Å². The maximum atomic E-state index is 8.70. The lowest BCUT2D eigenvalue weighted by Crippen LogP contribution is -2.46. The summed E-state index contributed by atoms with van der Waals surface area (Å²) < 4.78 is 5.75. The Morgan fingerprint density at radius 1 is 1.57 bits per heavy atom. The van der Waals surface area contributed by atoms with Gasteiger partial charge in [0, 0.05) is 31.7 Å². The van der Waals surface area contributed by atoms with E-state index < -0.39 is 0 Å². The topological polar surface area (TPSA) is 83.1 Å². The van der Waals surface area contributed by atoms with Gasteiger partial charge >= 0.3 is 0 Å². The van der Waals surface area contributed by atoms with Gasteiger partial charge in [0.25, 0.3) is 0 Å². The van der Waals surface area contributed by atoms with Crippen LogP contribution in [0.15, 0.2) is 29.4 Å². The first kappa shape index (κ1) is 15.8. The minimum atomic E-state index is 0.131. The summed E-state index contributed by atoms with van der Waals surface area (Å²) in [6, 6.07) is 7.66. The Kier molecular flexibility index (Phi) is 5.98. The normalized spacial score (nSPS) is 20.6. The molecule has 6 nitrogen and oxygen atoms in total. The smallest absolute Gasteiger partial charge is 0.170 e. The number of morpholine rings is 1. The highest BCUT2D eigenvalue weighted by Gasteiger charge is 2.18. The molecule has 1 atom stereocenters. The van der Waals surface area contributed by atoms with Crippen molar-refractivity contribution >= 4 is 5.84 Å². The Morgan fingerprint density at radius 3 is 3.19 bits per heavy atom. The number of likely N-dealkylation sites (N-methyl/N-ethyl adjacent to an activating group) is 1. The molecule has 0 radical (unpaired) electrons. The number of rotatable bonds is 6. The minimum Gasteiger partial charge on any atom is -0.409 e. The van der Waals surface area contributed by atoms with Crippen molar-refractivity contribution in [3.63, 3.8) is 0 Å². The molecule has 1 saturated heterocycles. The second-order valence-electron chi connectivity index (χ2n) is 5.20. The molecule has 0 spiro atoms. The fraction of sp³-hybridized carbons (Fsp3) is 0.533. The molecule has 1 heterocycles. The first-order valence-electron chi connectivity index (χ1n) is 7.34. The molecule has 1 aliphatic heterocycles. The fourth-order valence-corrected chi connectivity index (χ4v) is 2.47. The number of benzene rings is 1. The van der Waals surface area contributed by atoms with Crippen LogP contribution in [0.4, 0.5) is 0 Å². The molecule has 1 fully saturated rings. The summed E-state index contributed by atoms with van der Waals surface area (Å²) in [5, 5.41) is 15.1. The Labute approximate surface area is 125 Å². The Hall–Kier alpha value is -1.63. The highest BCUT2D eigenvalue weighted by atomic mass is 16.5. The molecule has 0 aliphatic carbocycles. The van der Waals surface area contributed by atoms with Crippen LogP contribution in [-0.4, -0.2) is 54.8 Å². The molecule has 1 unspecified atom stereocenters. The van der Waals surface area contributed by atoms with Crippen LogP contribution in [0.25, 0.3) is 0 Å². The van der Waals surface area contributed by atoms with Gasteiger partial charge in [0.1, 0.15) is 0 Å². The molecule has 4 N–H and O–H groups in total. The van der Waals surface area contributed by atoms with Gasteiger partial charge in [0.2, 0.25) is 0 Å². The Morgan fingerprint density at radius 2 is 2.43 bits per heavy atom. The third-order valence-corrected chi connectivity index (χ3v) is 3.70. The summed E-state index contributed by atoms with van der Waals surface area (Å²) in [5.41, 5.74) is 7.42. The molecule has 0 amide bonds. The van der Waals surface area contributed by atoms with Gasteiger partial charge in [-0.15, -0.1) is 0 Å². The maximum absolute atomic E-state index is 8.70. The van der Waals surface area contributed by atoms with Gasteiger partial charge in [0.05, 0.1) is 12.7 Å². The molecule has 2 rings (SSSR count). The van der Waals surface area contributed by atoms with Gasteiger partial charge in [-0.1, -0.05) is 30.3 Å². The molecule has 0 saturated carbocycles. The van der Waals surface area contributed by atoms with E-state index in [1.807, 2.05) is 24.3 Å². The molecule has 1 aliphatic rings. The van der Waals surface area contributed by atoms with Crippen LogP contribution in [0, 0.1) is 0 Å². The Balaban J connectivity index is 1.80. The third kappa shape index (κ3) is 4.70. The minimum absolute atomic E-state index is 0.131. The molecule has 0 bridgehead atoms. The highest BCUT2D eigenvalue weighted by molar-refractivity contribution is 5.97. The zero-order valence-corrected chi connectivity index (χ0v) is 12.5. The van der Waals surface area contributed by atoms with E-state index in [-0.39, 0.29) is 11.9 Å². The molecule has 116 valence electrons. The average Bonchev–Trinajstić information content (AvgIpc) is 2.54. The van der Waals surface area contributed by atoms with Crippen LogP contribution in [0.2, 0.25) is 0 Å². The van der Waals surface area contributed by atoms with Gasteiger partial charge in [-0.25, -0.2) is 0 Å². The zero-order chi connectivity index (χ0) is 15.1. The number of amidine groups is 1. The van der Waals surface area contributed by atoms with E-state index in [1.54, 1.807) is 0 Å². The van der Waals surface area contributed by atoms with E-state index in [1.165, 1.54) is 0 Å². The number of nitrogens with zero attached hydrogens (tertiary/aromatic N) is 2. The van der Waals surface area contributed by atoms with Crippen LogP contribution in [0.3, 0.4) is 0 Å². The lowest BCUT2D eigenvalue weighted by atomic mass is 10.1. The number of oxime groups is 1. The van der Waals surface area contributed by atoms with Gasteiger partial charge in [-0.2, -0.15) is 0 Å². The lowest BCUT2D eigenvalue weighted by molar-refractivity contribution is -0.0253. The van der Waals surface area contributed by atoms with E-state index in [0.717, 1.165) is 50.5 Å². The van der Waals surface area contributed by atoms with Crippen molar-refractivity contribution in [1.82, 2.24) is 10.2 Å². The van der Waals surface area contributed by atoms with E-state index in [4.69, 9.17) is 15.7 Å². The maximum Gasteiger partial charge on any atom is 0.170 e. The molecule has 21 heavy (non-hydrogen) atoms. The number of nitrogens with one attached hydrogen (secondary N) is 1. The van der Waals surface area contributed by atoms with Gasteiger partial charge in [-0.05, 0) is 18.2 Å². The number of nitrogens with two attached hydrogens (primary N) is 1. The van der Waals surface area contributed by atoms with E-state index in [9.17, 15) is 0 Å². The van der Waals surface area contributed by atoms with E-state index in [0.29, 0.717) is 0 Å². The number of hydrogen-bond acceptors (Lipinski definition) is 5. The molecule has 1 aromatic rings. The first-order valence-corrected chi connectivity index (χ1v) is 7.34. The second kappa shape index (κ2) is 7.97. The molecule has 0 aromatic heterocycles. The number of hydrogen-bond donors (Lipinski definition) is 3. The second-order valence-corrected chi connectivity index (χ2v) is 5.20. The summed E-state index contributed by atoms with van der Waals surface area (Å²) in [6.45, 7) is 7.61. The van der Waals surface area contributed by atoms with Crippen LogP contribution in [0.1, 0.15) is 18.1 Å². The van der Waals surface area contributed by atoms with Gasteiger partial charge in [0.15, 0.2) is 5.84 Å². The summed E-state index contributed by atoms with van der Waals surface area (Å²) >= 11 is 0. The monoisotopic (exact) mass is 292 g/mol. The fourth-order valence-electron chi connectivity index (χ4n) is 2.47. The van der Waals surface area contributed by atoms with E-state index in [2.05, 4.69) is 22.3 Å². The van der Waals surface area contributed by atoms with Crippen molar-refractivity contribution in [3.8, 4) is 0 Å². The van der Waals surface area contributed by atoms with Crippen molar-refractivity contribution in [2.75, 3.05) is 32.8 Å². The molecular formula is C15H24N4O2. The Bertz CT molecular complexity index is 478. The van der Waals surface area contributed by atoms with Gasteiger partial charge < -0.3 is 21.0 Å². The third-order valence-electron chi connectivity index (χ3n) is 3.70. The molecular weight excluding hydrogens is 268 g/mol. The van der Waals surface area contributed by atoms with Crippen LogP contribution >= 0.6 is 0 Å². The van der Waals surface area contributed by atoms with Crippen LogP contribution in [0.5, 0.6) is 0 Å². The highest BCUT2D eigenvalue weighted by Crippen LogP contribution is 2.07. The van der Waals surface area contributed by atoms with Crippen molar-refractivity contribution in [2.45, 2.75) is 19.6 Å². The van der Waals surface area contributed by atoms with E-state index >= 15 is 0 Å². The van der Waals surface area contributed by atoms with Crippen molar-refractivity contribution in [1.29, 1.82) is 0 Å². The SMILES string of the molecule is CCN1CCOC(CNCc2cccc(/C(N)=N/O)c2)C1.